The molecule has 1 aliphatic rings. The molecule has 5 heteroatoms. The summed E-state index contributed by atoms with van der Waals surface area (Å²) >= 11 is 6.15. The van der Waals surface area contributed by atoms with E-state index in [9.17, 15) is 0 Å². The number of nitrogens with two attached hydrogens (primary N) is 1. The van der Waals surface area contributed by atoms with E-state index in [2.05, 4.69) is 5.10 Å². The van der Waals surface area contributed by atoms with E-state index < -0.39 is 0 Å². The Morgan fingerprint density at radius 2 is 2.12 bits per heavy atom. The van der Waals surface area contributed by atoms with Gasteiger partial charge in [-0.1, -0.05) is 24.4 Å². The molecule has 2 rings (SSSR count). The molecule has 4 nitrogen and oxygen atoms in total. The van der Waals surface area contributed by atoms with Crippen LogP contribution in [0, 0.1) is 6.92 Å². The van der Waals surface area contributed by atoms with Crippen molar-refractivity contribution in [1.82, 2.24) is 9.78 Å². The molecular formula is C12H20ClN3O. The van der Waals surface area contributed by atoms with Crippen molar-refractivity contribution in [2.45, 2.75) is 44.8 Å². The lowest BCUT2D eigenvalue weighted by Crippen LogP contribution is -2.41. The Labute approximate surface area is 107 Å². The van der Waals surface area contributed by atoms with Crippen molar-refractivity contribution >= 4 is 11.6 Å². The molecule has 0 bridgehead atoms. The molecule has 17 heavy (non-hydrogen) atoms. The number of rotatable bonds is 4. The van der Waals surface area contributed by atoms with Gasteiger partial charge in [-0.05, 0) is 19.8 Å². The number of nitrogens with zero attached hydrogens (tertiary/aromatic N) is 2. The second-order valence-corrected chi connectivity index (χ2v) is 5.41. The highest BCUT2D eigenvalue weighted by atomic mass is 35.5. The first-order chi connectivity index (χ1) is 8.02. The maximum absolute atomic E-state index is 6.22. The minimum absolute atomic E-state index is 0.125. The predicted octanol–water partition coefficient (Wildman–Crippen LogP) is 2.17. The second kappa shape index (κ2) is 4.96. The normalized spacial score (nSPS) is 18.8. The Balaban J connectivity index is 1.89. The number of aryl methyl sites for hydroxylation is 2. The Morgan fingerprint density at radius 3 is 2.65 bits per heavy atom. The summed E-state index contributed by atoms with van der Waals surface area (Å²) < 4.78 is 7.48. The van der Waals surface area contributed by atoms with Crippen LogP contribution in [-0.4, -0.2) is 21.9 Å². The third-order valence-electron chi connectivity index (χ3n) is 3.49. The van der Waals surface area contributed by atoms with Gasteiger partial charge >= 0.3 is 0 Å². The Morgan fingerprint density at radius 1 is 1.47 bits per heavy atom. The van der Waals surface area contributed by atoms with Crippen LogP contribution >= 0.6 is 11.6 Å². The number of halogens is 1. The molecular weight excluding hydrogens is 238 g/mol. The largest absolute Gasteiger partial charge is 0.373 e. The third kappa shape index (κ3) is 2.81. The molecule has 0 radical (unpaired) electrons. The zero-order chi connectivity index (χ0) is 12.5. The van der Waals surface area contributed by atoms with Gasteiger partial charge in [0.2, 0.25) is 0 Å². The van der Waals surface area contributed by atoms with E-state index in [1.165, 1.54) is 12.8 Å². The predicted molar refractivity (Wildman–Crippen MR) is 68.0 cm³/mol. The Bertz CT molecular complexity index is 397. The molecule has 96 valence electrons. The lowest BCUT2D eigenvalue weighted by atomic mass is 10.0. The third-order valence-corrected chi connectivity index (χ3v) is 3.98. The van der Waals surface area contributed by atoms with Crippen LogP contribution in [0.25, 0.3) is 0 Å². The minimum atomic E-state index is -0.125. The van der Waals surface area contributed by atoms with Crippen molar-refractivity contribution in [3.8, 4) is 0 Å². The molecule has 1 aromatic heterocycles. The van der Waals surface area contributed by atoms with Gasteiger partial charge in [-0.25, -0.2) is 0 Å². The summed E-state index contributed by atoms with van der Waals surface area (Å²) in [6.45, 7) is 2.98. The maximum atomic E-state index is 6.22. The van der Waals surface area contributed by atoms with Crippen LogP contribution in [0.5, 0.6) is 0 Å². The highest BCUT2D eigenvalue weighted by molar-refractivity contribution is 6.31. The molecule has 1 fully saturated rings. The molecule has 0 atom stereocenters. The maximum Gasteiger partial charge on any atom is 0.0900 e. The summed E-state index contributed by atoms with van der Waals surface area (Å²) in [6, 6.07) is 0. The fourth-order valence-corrected chi connectivity index (χ4v) is 2.63. The summed E-state index contributed by atoms with van der Waals surface area (Å²) in [5.41, 5.74) is 7.86. The zero-order valence-electron chi connectivity index (χ0n) is 10.5. The van der Waals surface area contributed by atoms with Gasteiger partial charge in [0.1, 0.15) is 0 Å². The molecule has 0 amide bonds. The van der Waals surface area contributed by atoms with Crippen molar-refractivity contribution in [3.63, 3.8) is 0 Å². The smallest absolute Gasteiger partial charge is 0.0900 e. The summed E-state index contributed by atoms with van der Waals surface area (Å²) in [6.07, 6.45) is 4.55. The van der Waals surface area contributed by atoms with Gasteiger partial charge in [0, 0.05) is 12.6 Å². The van der Waals surface area contributed by atoms with Crippen molar-refractivity contribution < 1.29 is 4.74 Å². The standard InChI is InChI=1S/C12H20ClN3O/c1-9-11(13)10(16(2)15-9)7-17-8-12(14)5-3-4-6-12/h3-8,14H2,1-2H3. The first kappa shape index (κ1) is 12.9. The van der Waals surface area contributed by atoms with Gasteiger partial charge < -0.3 is 10.5 Å². The van der Waals surface area contributed by atoms with Crippen LogP contribution < -0.4 is 5.73 Å². The van der Waals surface area contributed by atoms with Gasteiger partial charge in [0.25, 0.3) is 0 Å². The molecule has 1 aliphatic carbocycles. The number of ether oxygens (including phenoxy) is 1. The minimum Gasteiger partial charge on any atom is -0.373 e. The summed E-state index contributed by atoms with van der Waals surface area (Å²) in [5.74, 6) is 0. The highest BCUT2D eigenvalue weighted by Gasteiger charge is 2.29. The molecule has 0 aliphatic heterocycles. The number of hydrogen-bond acceptors (Lipinski definition) is 3. The van der Waals surface area contributed by atoms with Crippen molar-refractivity contribution in [2.75, 3.05) is 6.61 Å². The fraction of sp³-hybridized carbons (Fsp3) is 0.750. The van der Waals surface area contributed by atoms with Crippen molar-refractivity contribution in [2.24, 2.45) is 12.8 Å². The molecule has 0 saturated heterocycles. The quantitative estimate of drug-likeness (QED) is 0.900. The lowest BCUT2D eigenvalue weighted by Gasteiger charge is -2.23. The summed E-state index contributed by atoms with van der Waals surface area (Å²) in [5, 5.41) is 4.95. The van der Waals surface area contributed by atoms with Crippen LogP contribution in [0.2, 0.25) is 5.02 Å². The van der Waals surface area contributed by atoms with E-state index in [0.29, 0.717) is 18.2 Å². The van der Waals surface area contributed by atoms with Gasteiger partial charge in [0.15, 0.2) is 0 Å². The SMILES string of the molecule is Cc1nn(C)c(COCC2(N)CCCC2)c1Cl. The molecule has 0 unspecified atom stereocenters. The number of hydrogen-bond donors (Lipinski definition) is 1. The van der Waals surface area contributed by atoms with E-state index in [4.69, 9.17) is 22.1 Å². The lowest BCUT2D eigenvalue weighted by molar-refractivity contribution is 0.0714. The van der Waals surface area contributed by atoms with Crippen molar-refractivity contribution in [1.29, 1.82) is 0 Å². The number of aromatic nitrogens is 2. The van der Waals surface area contributed by atoms with Gasteiger partial charge in [0.05, 0.1) is 29.6 Å². The molecule has 1 saturated carbocycles. The van der Waals surface area contributed by atoms with Crippen LogP contribution in [0.15, 0.2) is 0 Å². The summed E-state index contributed by atoms with van der Waals surface area (Å²) in [4.78, 5) is 0. The monoisotopic (exact) mass is 257 g/mol. The Kier molecular flexibility index (Phi) is 3.76. The molecule has 0 spiro atoms. The van der Waals surface area contributed by atoms with Crippen LogP contribution in [0.3, 0.4) is 0 Å². The second-order valence-electron chi connectivity index (χ2n) is 5.03. The van der Waals surface area contributed by atoms with E-state index in [0.717, 1.165) is 24.2 Å². The van der Waals surface area contributed by atoms with Gasteiger partial charge in [-0.3, -0.25) is 4.68 Å². The molecule has 2 N–H and O–H groups in total. The van der Waals surface area contributed by atoms with Crippen LogP contribution in [-0.2, 0) is 18.4 Å². The van der Waals surface area contributed by atoms with E-state index in [-0.39, 0.29) is 5.54 Å². The van der Waals surface area contributed by atoms with E-state index in [1.807, 2.05) is 14.0 Å². The topological polar surface area (TPSA) is 53.1 Å². The first-order valence-corrected chi connectivity index (χ1v) is 6.44. The average molecular weight is 258 g/mol. The van der Waals surface area contributed by atoms with E-state index >= 15 is 0 Å². The summed E-state index contributed by atoms with van der Waals surface area (Å²) in [7, 11) is 1.88. The van der Waals surface area contributed by atoms with Crippen LogP contribution in [0.4, 0.5) is 0 Å². The van der Waals surface area contributed by atoms with Crippen LogP contribution in [0.1, 0.15) is 37.1 Å². The highest BCUT2D eigenvalue weighted by Crippen LogP contribution is 2.28. The molecule has 1 aromatic rings. The fourth-order valence-electron chi connectivity index (χ4n) is 2.41. The Hall–Kier alpha value is -0.580. The molecule has 1 heterocycles. The first-order valence-electron chi connectivity index (χ1n) is 6.06. The van der Waals surface area contributed by atoms with Crippen molar-refractivity contribution in [3.05, 3.63) is 16.4 Å². The van der Waals surface area contributed by atoms with E-state index in [1.54, 1.807) is 4.68 Å². The molecule has 0 aromatic carbocycles. The van der Waals surface area contributed by atoms with Gasteiger partial charge in [-0.15, -0.1) is 0 Å². The van der Waals surface area contributed by atoms with Gasteiger partial charge in [-0.2, -0.15) is 5.10 Å². The zero-order valence-corrected chi connectivity index (χ0v) is 11.3. The average Bonchev–Trinajstić information content (AvgIpc) is 2.79.